The normalized spacial score (nSPS) is 11.0. The number of aromatic nitrogens is 2. The molecule has 0 saturated carbocycles. The Bertz CT molecular complexity index is 1060. The standard InChI is InChI=1S/C22H25N3O3S/c1-15-8-6-9-16(2)20(15)25-21(27)17-10-4-5-11-18(17)24-22(25)29-14-19(26)23-12-7-13-28-3/h4-6,8-11H,7,12-14H2,1-3H3,(H,23,26). The molecule has 0 atom stereocenters. The van der Waals surface area contributed by atoms with Crippen LogP contribution in [0, 0.1) is 13.8 Å². The summed E-state index contributed by atoms with van der Waals surface area (Å²) in [6.45, 7) is 5.11. The van der Waals surface area contributed by atoms with Crippen LogP contribution in [0.4, 0.5) is 0 Å². The monoisotopic (exact) mass is 411 g/mol. The van der Waals surface area contributed by atoms with Gasteiger partial charge in [-0.1, -0.05) is 42.1 Å². The molecule has 0 saturated heterocycles. The lowest BCUT2D eigenvalue weighted by molar-refractivity contribution is -0.118. The van der Waals surface area contributed by atoms with Gasteiger partial charge in [0.1, 0.15) is 0 Å². The first-order chi connectivity index (χ1) is 14.0. The average Bonchev–Trinajstić information content (AvgIpc) is 2.71. The van der Waals surface area contributed by atoms with E-state index in [1.54, 1.807) is 17.7 Å². The number of ether oxygens (including phenoxy) is 1. The summed E-state index contributed by atoms with van der Waals surface area (Å²) in [5, 5.41) is 3.94. The van der Waals surface area contributed by atoms with Crippen molar-refractivity contribution in [2.75, 3.05) is 26.0 Å². The molecule has 1 heterocycles. The van der Waals surface area contributed by atoms with Crippen molar-refractivity contribution in [2.24, 2.45) is 0 Å². The van der Waals surface area contributed by atoms with Crippen LogP contribution in [0.3, 0.4) is 0 Å². The largest absolute Gasteiger partial charge is 0.385 e. The third-order valence-corrected chi connectivity index (χ3v) is 5.53. The second-order valence-electron chi connectivity index (χ2n) is 6.78. The SMILES string of the molecule is COCCCNC(=O)CSc1nc2ccccc2c(=O)n1-c1c(C)cccc1C. The molecular formula is C22H25N3O3S. The summed E-state index contributed by atoms with van der Waals surface area (Å²) in [6.07, 6.45) is 0.758. The Labute approximate surface area is 174 Å². The second kappa shape index (κ2) is 9.71. The van der Waals surface area contributed by atoms with Crippen LogP contribution in [0.2, 0.25) is 0 Å². The van der Waals surface area contributed by atoms with Gasteiger partial charge >= 0.3 is 0 Å². The minimum atomic E-state index is -0.129. The topological polar surface area (TPSA) is 73.2 Å². The number of nitrogens with zero attached hydrogens (tertiary/aromatic N) is 2. The summed E-state index contributed by atoms with van der Waals surface area (Å²) in [4.78, 5) is 30.3. The number of carbonyl (C=O) groups excluding carboxylic acids is 1. The van der Waals surface area contributed by atoms with Crippen molar-refractivity contribution in [1.82, 2.24) is 14.9 Å². The van der Waals surface area contributed by atoms with Gasteiger partial charge in [-0.05, 0) is 43.5 Å². The average molecular weight is 412 g/mol. The van der Waals surface area contributed by atoms with Gasteiger partial charge < -0.3 is 10.1 Å². The summed E-state index contributed by atoms with van der Waals surface area (Å²) < 4.78 is 6.62. The molecule has 1 amide bonds. The summed E-state index contributed by atoms with van der Waals surface area (Å²) in [7, 11) is 1.63. The molecule has 3 aromatic rings. The van der Waals surface area contributed by atoms with Gasteiger partial charge in [0.15, 0.2) is 5.16 Å². The minimum absolute atomic E-state index is 0.0958. The molecule has 1 aromatic heterocycles. The summed E-state index contributed by atoms with van der Waals surface area (Å²) >= 11 is 1.27. The maximum absolute atomic E-state index is 13.3. The van der Waals surface area contributed by atoms with Gasteiger partial charge in [0.25, 0.3) is 5.56 Å². The van der Waals surface area contributed by atoms with Crippen LogP contribution in [0.15, 0.2) is 52.4 Å². The van der Waals surface area contributed by atoms with Crippen LogP contribution >= 0.6 is 11.8 Å². The number of aryl methyl sites for hydroxylation is 2. The molecule has 0 spiro atoms. The quantitative estimate of drug-likeness (QED) is 0.350. The number of nitrogens with one attached hydrogen (secondary N) is 1. The van der Waals surface area contributed by atoms with E-state index in [2.05, 4.69) is 5.32 Å². The first kappa shape index (κ1) is 21.1. The Morgan fingerprint density at radius 1 is 1.14 bits per heavy atom. The molecule has 6 nitrogen and oxygen atoms in total. The van der Waals surface area contributed by atoms with Crippen LogP contribution in [-0.4, -0.2) is 41.5 Å². The van der Waals surface area contributed by atoms with E-state index in [1.807, 2.05) is 50.2 Å². The molecule has 7 heteroatoms. The highest BCUT2D eigenvalue weighted by Gasteiger charge is 2.17. The Balaban J connectivity index is 1.98. The maximum atomic E-state index is 13.3. The van der Waals surface area contributed by atoms with Gasteiger partial charge in [-0.15, -0.1) is 0 Å². The number of hydrogen-bond donors (Lipinski definition) is 1. The van der Waals surface area contributed by atoms with Crippen molar-refractivity contribution >= 4 is 28.6 Å². The molecule has 0 unspecified atom stereocenters. The molecule has 2 aromatic carbocycles. The van der Waals surface area contributed by atoms with E-state index in [0.717, 1.165) is 23.2 Å². The number of rotatable bonds is 8. The van der Waals surface area contributed by atoms with Crippen molar-refractivity contribution in [2.45, 2.75) is 25.4 Å². The Morgan fingerprint density at radius 3 is 2.59 bits per heavy atom. The molecule has 29 heavy (non-hydrogen) atoms. The molecule has 0 bridgehead atoms. The molecule has 0 aliphatic rings. The van der Waals surface area contributed by atoms with Crippen molar-refractivity contribution in [3.05, 3.63) is 63.9 Å². The molecular weight excluding hydrogens is 386 g/mol. The van der Waals surface area contributed by atoms with Crippen LogP contribution in [-0.2, 0) is 9.53 Å². The zero-order valence-electron chi connectivity index (χ0n) is 16.9. The van der Waals surface area contributed by atoms with E-state index in [1.165, 1.54) is 11.8 Å². The zero-order chi connectivity index (χ0) is 20.8. The van der Waals surface area contributed by atoms with E-state index < -0.39 is 0 Å². The molecule has 3 rings (SSSR count). The zero-order valence-corrected chi connectivity index (χ0v) is 17.7. The Kier molecular flexibility index (Phi) is 7.06. The van der Waals surface area contributed by atoms with E-state index in [9.17, 15) is 9.59 Å². The van der Waals surface area contributed by atoms with Gasteiger partial charge in [0, 0.05) is 20.3 Å². The van der Waals surface area contributed by atoms with Crippen molar-refractivity contribution in [3.8, 4) is 5.69 Å². The molecule has 1 N–H and O–H groups in total. The highest BCUT2D eigenvalue weighted by molar-refractivity contribution is 7.99. The fourth-order valence-electron chi connectivity index (χ4n) is 3.19. The lowest BCUT2D eigenvalue weighted by Crippen LogP contribution is -2.28. The lowest BCUT2D eigenvalue weighted by atomic mass is 10.1. The van der Waals surface area contributed by atoms with Gasteiger partial charge in [-0.25, -0.2) is 4.98 Å². The summed E-state index contributed by atoms with van der Waals surface area (Å²) in [5.41, 5.74) is 3.28. The van der Waals surface area contributed by atoms with E-state index in [4.69, 9.17) is 9.72 Å². The van der Waals surface area contributed by atoms with Crippen LogP contribution in [0.5, 0.6) is 0 Å². The lowest BCUT2D eigenvalue weighted by Gasteiger charge is -2.17. The van der Waals surface area contributed by atoms with Gasteiger partial charge in [0.05, 0.1) is 22.3 Å². The number of fused-ring (bicyclic) bond motifs is 1. The Morgan fingerprint density at radius 2 is 1.86 bits per heavy atom. The van der Waals surface area contributed by atoms with Gasteiger partial charge in [-0.2, -0.15) is 0 Å². The molecule has 0 aliphatic heterocycles. The molecule has 0 radical (unpaired) electrons. The number of thioether (sulfide) groups is 1. The highest BCUT2D eigenvalue weighted by atomic mass is 32.2. The second-order valence-corrected chi connectivity index (χ2v) is 7.72. The maximum Gasteiger partial charge on any atom is 0.266 e. The molecule has 0 fully saturated rings. The number of amides is 1. The number of para-hydroxylation sites is 2. The van der Waals surface area contributed by atoms with E-state index >= 15 is 0 Å². The van der Waals surface area contributed by atoms with Gasteiger partial charge in [0.2, 0.25) is 5.91 Å². The number of methoxy groups -OCH3 is 1. The number of carbonyl (C=O) groups is 1. The third kappa shape index (κ3) is 4.86. The minimum Gasteiger partial charge on any atom is -0.385 e. The first-order valence-electron chi connectivity index (χ1n) is 9.49. The fourth-order valence-corrected chi connectivity index (χ4v) is 4.02. The Hall–Kier alpha value is -2.64. The predicted octanol–water partition coefficient (Wildman–Crippen LogP) is 3.25. The molecule has 0 aliphatic carbocycles. The highest BCUT2D eigenvalue weighted by Crippen LogP contribution is 2.25. The molecule has 152 valence electrons. The number of benzene rings is 2. The van der Waals surface area contributed by atoms with E-state index in [0.29, 0.717) is 29.2 Å². The van der Waals surface area contributed by atoms with Crippen LogP contribution in [0.1, 0.15) is 17.5 Å². The van der Waals surface area contributed by atoms with E-state index in [-0.39, 0.29) is 17.2 Å². The van der Waals surface area contributed by atoms with Crippen molar-refractivity contribution in [1.29, 1.82) is 0 Å². The van der Waals surface area contributed by atoms with Crippen LogP contribution in [0.25, 0.3) is 16.6 Å². The van der Waals surface area contributed by atoms with Crippen molar-refractivity contribution in [3.63, 3.8) is 0 Å². The predicted molar refractivity (Wildman–Crippen MR) is 117 cm³/mol. The third-order valence-electron chi connectivity index (χ3n) is 4.59. The smallest absolute Gasteiger partial charge is 0.266 e. The summed E-state index contributed by atoms with van der Waals surface area (Å²) in [5.74, 6) is 0.0875. The number of hydrogen-bond acceptors (Lipinski definition) is 5. The van der Waals surface area contributed by atoms with Gasteiger partial charge in [-0.3, -0.25) is 14.2 Å². The fraction of sp³-hybridized carbons (Fsp3) is 0.318. The summed E-state index contributed by atoms with van der Waals surface area (Å²) in [6, 6.07) is 13.2. The van der Waals surface area contributed by atoms with Crippen molar-refractivity contribution < 1.29 is 9.53 Å². The van der Waals surface area contributed by atoms with Crippen LogP contribution < -0.4 is 10.9 Å². The first-order valence-corrected chi connectivity index (χ1v) is 10.5.